The van der Waals surface area contributed by atoms with Crippen molar-refractivity contribution in [3.05, 3.63) is 57.6 Å². The lowest BCUT2D eigenvalue weighted by atomic mass is 9.67. The number of ketones is 1. The van der Waals surface area contributed by atoms with Gasteiger partial charge in [-0.1, -0.05) is 51.1 Å². The standard InChI is InChI=1S/C20H22N2OS/c1-12(13-7-5-4-6-8-13)15-16-14(9-10-20(2,3)18(16)23)22-19-17(15)24-11-21-19/h4-8,11-12,15,22H,9-10H2,1-3H3. The summed E-state index contributed by atoms with van der Waals surface area (Å²) in [5.41, 5.74) is 4.95. The summed E-state index contributed by atoms with van der Waals surface area (Å²) in [6.07, 6.45) is 1.81. The van der Waals surface area contributed by atoms with Gasteiger partial charge < -0.3 is 5.32 Å². The van der Waals surface area contributed by atoms with Gasteiger partial charge >= 0.3 is 0 Å². The van der Waals surface area contributed by atoms with Gasteiger partial charge in [0.25, 0.3) is 0 Å². The van der Waals surface area contributed by atoms with Crippen LogP contribution in [0.5, 0.6) is 0 Å². The van der Waals surface area contributed by atoms with Crippen molar-refractivity contribution < 1.29 is 4.79 Å². The topological polar surface area (TPSA) is 42.0 Å². The fourth-order valence-corrected chi connectivity index (χ4v) is 4.87. The van der Waals surface area contributed by atoms with Crippen LogP contribution in [-0.2, 0) is 4.79 Å². The number of allylic oxidation sites excluding steroid dienone is 2. The minimum atomic E-state index is -0.280. The van der Waals surface area contributed by atoms with Gasteiger partial charge in [0, 0.05) is 22.6 Å². The highest BCUT2D eigenvalue weighted by Crippen LogP contribution is 2.52. The highest BCUT2D eigenvalue weighted by Gasteiger charge is 2.44. The molecule has 1 aliphatic carbocycles. The van der Waals surface area contributed by atoms with Crippen LogP contribution in [-0.4, -0.2) is 10.8 Å². The van der Waals surface area contributed by atoms with Gasteiger partial charge in [0.2, 0.25) is 0 Å². The fourth-order valence-electron chi connectivity index (χ4n) is 3.92. The Bertz CT molecular complexity index is 819. The molecule has 4 heteroatoms. The number of anilines is 1. The van der Waals surface area contributed by atoms with Gasteiger partial charge in [-0.05, 0) is 24.3 Å². The smallest absolute Gasteiger partial charge is 0.166 e. The lowest BCUT2D eigenvalue weighted by molar-refractivity contribution is -0.124. The van der Waals surface area contributed by atoms with E-state index >= 15 is 0 Å². The van der Waals surface area contributed by atoms with Gasteiger partial charge in [0.1, 0.15) is 5.82 Å². The zero-order chi connectivity index (χ0) is 16.9. The van der Waals surface area contributed by atoms with Crippen LogP contribution in [0.4, 0.5) is 5.82 Å². The van der Waals surface area contributed by atoms with E-state index in [1.54, 1.807) is 11.3 Å². The van der Waals surface area contributed by atoms with Gasteiger partial charge in [-0.2, -0.15) is 0 Å². The molecule has 1 aliphatic heterocycles. The Hall–Kier alpha value is -1.94. The molecule has 2 atom stereocenters. The second-order valence-corrected chi connectivity index (χ2v) is 8.36. The molecular formula is C20H22N2OS. The van der Waals surface area contributed by atoms with Crippen LogP contribution in [0.1, 0.15) is 55.9 Å². The number of hydrogen-bond donors (Lipinski definition) is 1. The maximum absolute atomic E-state index is 13.2. The predicted molar refractivity (Wildman–Crippen MR) is 98.4 cm³/mol. The molecule has 0 fully saturated rings. The number of carbonyl (C=O) groups excluding carboxylic acids is 1. The highest BCUT2D eigenvalue weighted by atomic mass is 32.1. The lowest BCUT2D eigenvalue weighted by Crippen LogP contribution is -2.37. The molecule has 1 aromatic heterocycles. The number of rotatable bonds is 2. The summed E-state index contributed by atoms with van der Waals surface area (Å²) in [5.74, 6) is 1.58. The van der Waals surface area contributed by atoms with E-state index in [0.29, 0.717) is 5.78 Å². The zero-order valence-electron chi connectivity index (χ0n) is 14.3. The summed E-state index contributed by atoms with van der Waals surface area (Å²) in [5, 5.41) is 3.44. The van der Waals surface area contributed by atoms with Crippen molar-refractivity contribution in [2.45, 2.75) is 45.4 Å². The third-order valence-electron chi connectivity index (χ3n) is 5.47. The van der Waals surface area contributed by atoms with Crippen molar-refractivity contribution in [2.75, 3.05) is 5.32 Å². The molecule has 4 rings (SSSR count). The minimum Gasteiger partial charge on any atom is -0.342 e. The Morgan fingerprint density at radius 3 is 2.79 bits per heavy atom. The van der Waals surface area contributed by atoms with Gasteiger partial charge in [-0.3, -0.25) is 4.79 Å². The summed E-state index contributed by atoms with van der Waals surface area (Å²) >= 11 is 1.65. The summed E-state index contributed by atoms with van der Waals surface area (Å²) in [4.78, 5) is 18.9. The number of hydrogen-bond acceptors (Lipinski definition) is 4. The van der Waals surface area contributed by atoms with Crippen molar-refractivity contribution in [1.29, 1.82) is 0 Å². The van der Waals surface area contributed by atoms with E-state index in [4.69, 9.17) is 0 Å². The SMILES string of the molecule is CC(c1ccccc1)C1C2=C(CCC(C)(C)C2=O)Nc2ncsc21. The van der Waals surface area contributed by atoms with Gasteiger partial charge in [0.05, 0.1) is 10.4 Å². The zero-order valence-corrected chi connectivity index (χ0v) is 15.1. The largest absolute Gasteiger partial charge is 0.342 e. The molecule has 2 aromatic rings. The molecule has 0 radical (unpaired) electrons. The van der Waals surface area contributed by atoms with E-state index < -0.39 is 0 Å². The quantitative estimate of drug-likeness (QED) is 0.828. The maximum Gasteiger partial charge on any atom is 0.166 e. The molecular weight excluding hydrogens is 316 g/mol. The number of thiazole rings is 1. The first-order valence-corrected chi connectivity index (χ1v) is 9.40. The molecule has 0 spiro atoms. The Balaban J connectivity index is 1.86. The molecule has 3 nitrogen and oxygen atoms in total. The van der Waals surface area contributed by atoms with Crippen LogP contribution in [0, 0.1) is 5.41 Å². The summed E-state index contributed by atoms with van der Waals surface area (Å²) in [6.45, 7) is 6.38. The Morgan fingerprint density at radius 2 is 2.04 bits per heavy atom. The number of nitrogens with one attached hydrogen (secondary N) is 1. The molecule has 1 aromatic carbocycles. The molecule has 0 saturated carbocycles. The van der Waals surface area contributed by atoms with Crippen molar-refractivity contribution >= 4 is 22.9 Å². The highest BCUT2D eigenvalue weighted by molar-refractivity contribution is 7.10. The monoisotopic (exact) mass is 338 g/mol. The first kappa shape index (κ1) is 15.6. The Labute approximate surface area is 146 Å². The van der Waals surface area contributed by atoms with E-state index in [1.165, 1.54) is 10.4 Å². The summed E-state index contributed by atoms with van der Waals surface area (Å²) in [7, 11) is 0. The number of benzene rings is 1. The van der Waals surface area contributed by atoms with Crippen LogP contribution < -0.4 is 5.32 Å². The van der Waals surface area contributed by atoms with Crippen LogP contribution in [0.3, 0.4) is 0 Å². The summed E-state index contributed by atoms with van der Waals surface area (Å²) < 4.78 is 0. The predicted octanol–water partition coefficient (Wildman–Crippen LogP) is 5.10. The van der Waals surface area contributed by atoms with Crippen LogP contribution >= 0.6 is 11.3 Å². The first-order valence-electron chi connectivity index (χ1n) is 8.52. The average Bonchev–Trinajstić information content (AvgIpc) is 3.05. The number of Topliss-reactive ketones (excluding diaryl/α,β-unsaturated/α-hetero) is 1. The molecule has 0 bridgehead atoms. The third-order valence-corrected chi connectivity index (χ3v) is 6.38. The van der Waals surface area contributed by atoms with E-state index in [1.807, 2.05) is 11.6 Å². The molecule has 1 N–H and O–H groups in total. The van der Waals surface area contributed by atoms with Crippen molar-refractivity contribution in [2.24, 2.45) is 5.41 Å². The maximum atomic E-state index is 13.2. The molecule has 24 heavy (non-hydrogen) atoms. The van der Waals surface area contributed by atoms with E-state index in [-0.39, 0.29) is 17.3 Å². The number of carbonyl (C=O) groups is 1. The van der Waals surface area contributed by atoms with E-state index in [9.17, 15) is 4.79 Å². The van der Waals surface area contributed by atoms with Gasteiger partial charge in [-0.15, -0.1) is 11.3 Å². The normalized spacial score (nSPS) is 23.3. The third kappa shape index (κ3) is 2.32. The number of aromatic nitrogens is 1. The summed E-state index contributed by atoms with van der Waals surface area (Å²) in [6, 6.07) is 10.5. The minimum absolute atomic E-state index is 0.0956. The van der Waals surface area contributed by atoms with E-state index in [0.717, 1.165) is 29.9 Å². The van der Waals surface area contributed by atoms with Crippen molar-refractivity contribution in [3.8, 4) is 0 Å². The molecule has 124 valence electrons. The van der Waals surface area contributed by atoms with Crippen molar-refractivity contribution in [3.63, 3.8) is 0 Å². The van der Waals surface area contributed by atoms with Crippen LogP contribution in [0.2, 0.25) is 0 Å². The Kier molecular flexibility index (Phi) is 3.61. The van der Waals surface area contributed by atoms with E-state index in [2.05, 4.69) is 55.3 Å². The average molecular weight is 338 g/mol. The van der Waals surface area contributed by atoms with Crippen LogP contribution in [0.25, 0.3) is 0 Å². The van der Waals surface area contributed by atoms with Crippen LogP contribution in [0.15, 0.2) is 47.1 Å². The molecule has 0 saturated heterocycles. The number of fused-ring (bicyclic) bond motifs is 1. The molecule has 2 aliphatic rings. The Morgan fingerprint density at radius 1 is 1.29 bits per heavy atom. The molecule has 2 heterocycles. The lowest BCUT2D eigenvalue weighted by Gasteiger charge is -2.39. The second kappa shape index (κ2) is 5.55. The molecule has 2 unspecified atom stereocenters. The van der Waals surface area contributed by atoms with Gasteiger partial charge in [-0.25, -0.2) is 4.98 Å². The number of nitrogens with zero attached hydrogens (tertiary/aromatic N) is 1. The second-order valence-electron chi connectivity index (χ2n) is 7.47. The van der Waals surface area contributed by atoms with Crippen molar-refractivity contribution in [1.82, 2.24) is 4.98 Å². The first-order chi connectivity index (χ1) is 11.5. The van der Waals surface area contributed by atoms with Gasteiger partial charge in [0.15, 0.2) is 5.78 Å². The fraction of sp³-hybridized carbons (Fsp3) is 0.400. The molecule has 0 amide bonds.